The maximum absolute atomic E-state index is 12.6. The van der Waals surface area contributed by atoms with Crippen molar-refractivity contribution >= 4 is 19.8 Å². The Kier molecular flexibility index (Phi) is 48.9. The number of hydrogen-bond donors (Lipinski definition) is 2. The second-order valence-corrected chi connectivity index (χ2v) is 18.8. The van der Waals surface area contributed by atoms with Crippen LogP contribution in [0.2, 0.25) is 0 Å². The number of phosphoric ester groups is 1. The fourth-order valence-electron chi connectivity index (χ4n) is 7.25. The maximum Gasteiger partial charge on any atom is 0.472 e. The quantitative estimate of drug-likeness (QED) is 0.0265. The zero-order valence-corrected chi connectivity index (χ0v) is 42.6. The molecule has 0 spiro atoms. The van der Waals surface area contributed by atoms with Crippen molar-refractivity contribution in [2.75, 3.05) is 26.4 Å². The van der Waals surface area contributed by atoms with Crippen LogP contribution in [-0.4, -0.2) is 49.3 Å². The molecule has 0 aliphatic heterocycles. The molecule has 9 nitrogen and oxygen atoms in total. The van der Waals surface area contributed by atoms with E-state index in [0.29, 0.717) is 6.42 Å². The number of carbonyl (C=O) groups is 2. The third-order valence-electron chi connectivity index (χ3n) is 11.1. The molecule has 0 saturated heterocycles. The van der Waals surface area contributed by atoms with Crippen LogP contribution in [0.1, 0.15) is 232 Å². The summed E-state index contributed by atoms with van der Waals surface area (Å²) in [6, 6.07) is 0. The Balaban J connectivity index is 4.08. The topological polar surface area (TPSA) is 134 Å². The van der Waals surface area contributed by atoms with Crippen molar-refractivity contribution in [3.05, 3.63) is 72.9 Å². The first-order chi connectivity index (χ1) is 31.8. The molecule has 0 aromatic heterocycles. The summed E-state index contributed by atoms with van der Waals surface area (Å²) in [5.41, 5.74) is 5.36. The minimum atomic E-state index is -4.41. The summed E-state index contributed by atoms with van der Waals surface area (Å²) in [7, 11) is -4.41. The number of phosphoric acid groups is 1. The number of allylic oxidation sites excluding steroid dienone is 12. The fourth-order valence-corrected chi connectivity index (χ4v) is 8.02. The minimum Gasteiger partial charge on any atom is -0.462 e. The summed E-state index contributed by atoms with van der Waals surface area (Å²) in [5, 5.41) is 0. The highest BCUT2D eigenvalue weighted by Crippen LogP contribution is 2.43. The zero-order chi connectivity index (χ0) is 47.4. The van der Waals surface area contributed by atoms with E-state index in [9.17, 15) is 19.0 Å². The first kappa shape index (κ1) is 62.4. The van der Waals surface area contributed by atoms with Crippen LogP contribution in [0.25, 0.3) is 0 Å². The van der Waals surface area contributed by atoms with E-state index >= 15 is 0 Å². The smallest absolute Gasteiger partial charge is 0.462 e. The molecule has 0 radical (unpaired) electrons. The van der Waals surface area contributed by atoms with Gasteiger partial charge in [-0.1, -0.05) is 241 Å². The molecule has 0 aliphatic rings. The molecule has 0 aromatic carbocycles. The van der Waals surface area contributed by atoms with Crippen molar-refractivity contribution in [1.82, 2.24) is 0 Å². The third kappa shape index (κ3) is 50.7. The first-order valence-corrected chi connectivity index (χ1v) is 27.9. The molecular formula is C55H98NO8P. The molecule has 376 valence electrons. The highest BCUT2D eigenvalue weighted by molar-refractivity contribution is 7.47. The van der Waals surface area contributed by atoms with Gasteiger partial charge in [-0.2, -0.15) is 0 Å². The van der Waals surface area contributed by atoms with Gasteiger partial charge in [0.05, 0.1) is 13.2 Å². The van der Waals surface area contributed by atoms with Gasteiger partial charge in [-0.15, -0.1) is 0 Å². The van der Waals surface area contributed by atoms with Gasteiger partial charge in [-0.05, 0) is 51.4 Å². The number of rotatable bonds is 49. The van der Waals surface area contributed by atoms with Crippen LogP contribution in [-0.2, 0) is 32.7 Å². The second kappa shape index (κ2) is 50.9. The molecule has 3 N–H and O–H groups in total. The molecule has 0 aliphatic carbocycles. The summed E-state index contributed by atoms with van der Waals surface area (Å²) in [4.78, 5) is 35.0. The van der Waals surface area contributed by atoms with E-state index in [0.717, 1.165) is 57.8 Å². The van der Waals surface area contributed by atoms with E-state index in [1.54, 1.807) is 0 Å². The molecule has 2 atom stereocenters. The van der Waals surface area contributed by atoms with Gasteiger partial charge >= 0.3 is 19.8 Å². The lowest BCUT2D eigenvalue weighted by Gasteiger charge is -2.19. The third-order valence-corrected chi connectivity index (χ3v) is 12.1. The van der Waals surface area contributed by atoms with Gasteiger partial charge < -0.3 is 20.1 Å². The summed E-state index contributed by atoms with van der Waals surface area (Å²) < 4.78 is 32.8. The van der Waals surface area contributed by atoms with Crippen molar-refractivity contribution in [2.45, 2.75) is 238 Å². The number of carbonyl (C=O) groups excluding carboxylic acids is 2. The second-order valence-electron chi connectivity index (χ2n) is 17.4. The van der Waals surface area contributed by atoms with E-state index in [2.05, 4.69) is 74.6 Å². The highest BCUT2D eigenvalue weighted by atomic mass is 31.2. The van der Waals surface area contributed by atoms with E-state index in [-0.39, 0.29) is 32.6 Å². The molecule has 0 fully saturated rings. The Hall–Kier alpha value is -2.55. The van der Waals surface area contributed by atoms with Crippen LogP contribution in [0.4, 0.5) is 0 Å². The van der Waals surface area contributed by atoms with Gasteiger partial charge in [-0.25, -0.2) is 4.57 Å². The molecule has 10 heteroatoms. The fraction of sp³-hybridized carbons (Fsp3) is 0.745. The Morgan fingerprint density at radius 3 is 1.23 bits per heavy atom. The van der Waals surface area contributed by atoms with Crippen LogP contribution in [0, 0.1) is 0 Å². The van der Waals surface area contributed by atoms with Crippen molar-refractivity contribution < 1.29 is 37.6 Å². The van der Waals surface area contributed by atoms with Crippen LogP contribution >= 0.6 is 7.82 Å². The van der Waals surface area contributed by atoms with Crippen LogP contribution in [0.5, 0.6) is 0 Å². The summed E-state index contributed by atoms with van der Waals surface area (Å²) in [6.45, 7) is 3.56. The summed E-state index contributed by atoms with van der Waals surface area (Å²) in [5.74, 6) is -0.922. The van der Waals surface area contributed by atoms with E-state index in [1.165, 1.54) is 141 Å². The van der Waals surface area contributed by atoms with Crippen LogP contribution < -0.4 is 5.73 Å². The Morgan fingerprint density at radius 1 is 0.477 bits per heavy atom. The predicted octanol–water partition coefficient (Wildman–Crippen LogP) is 16.2. The normalized spacial score (nSPS) is 13.7. The molecule has 0 heterocycles. The average molecular weight is 932 g/mol. The molecule has 0 bridgehead atoms. The van der Waals surface area contributed by atoms with Gasteiger partial charge in [0.1, 0.15) is 6.61 Å². The predicted molar refractivity (Wildman–Crippen MR) is 275 cm³/mol. The molecule has 0 saturated carbocycles. The average Bonchev–Trinajstić information content (AvgIpc) is 3.30. The van der Waals surface area contributed by atoms with E-state index in [1.807, 2.05) is 12.2 Å². The number of ether oxygens (including phenoxy) is 2. The molecule has 0 amide bonds. The van der Waals surface area contributed by atoms with Gasteiger partial charge in [-0.3, -0.25) is 18.6 Å². The summed E-state index contributed by atoms with van der Waals surface area (Å²) >= 11 is 0. The lowest BCUT2D eigenvalue weighted by atomic mass is 10.0. The largest absolute Gasteiger partial charge is 0.472 e. The van der Waals surface area contributed by atoms with Crippen LogP contribution in [0.3, 0.4) is 0 Å². The van der Waals surface area contributed by atoms with Crippen molar-refractivity contribution in [2.24, 2.45) is 5.73 Å². The summed E-state index contributed by atoms with van der Waals surface area (Å²) in [6.07, 6.45) is 64.0. The number of nitrogens with two attached hydrogens (primary N) is 1. The maximum atomic E-state index is 12.6. The molecule has 2 unspecified atom stereocenters. The Morgan fingerprint density at radius 2 is 0.846 bits per heavy atom. The van der Waals surface area contributed by atoms with Crippen LogP contribution in [0.15, 0.2) is 72.9 Å². The van der Waals surface area contributed by atoms with Crippen molar-refractivity contribution in [1.29, 1.82) is 0 Å². The van der Waals surface area contributed by atoms with Crippen molar-refractivity contribution in [3.63, 3.8) is 0 Å². The number of esters is 2. The molecular weight excluding hydrogens is 834 g/mol. The first-order valence-electron chi connectivity index (χ1n) is 26.4. The Bertz CT molecular complexity index is 1290. The van der Waals surface area contributed by atoms with Crippen molar-refractivity contribution in [3.8, 4) is 0 Å². The lowest BCUT2D eigenvalue weighted by molar-refractivity contribution is -0.161. The Labute approximate surface area is 399 Å². The van der Waals surface area contributed by atoms with Gasteiger partial charge in [0, 0.05) is 19.4 Å². The van der Waals surface area contributed by atoms with Gasteiger partial charge in [0.2, 0.25) is 0 Å². The van der Waals surface area contributed by atoms with E-state index in [4.69, 9.17) is 24.3 Å². The SMILES string of the molecule is CC/C=C\C/C=C\C/C=C\C/C=C\C/C=C\C/C=C\CCC(=O)OC(COC(=O)CCCCCCCCCCCCCCCCCCCCCCCCCCC)COP(=O)(O)OCCN. The highest BCUT2D eigenvalue weighted by Gasteiger charge is 2.26. The number of hydrogen-bond acceptors (Lipinski definition) is 8. The molecule has 0 rings (SSSR count). The number of unbranched alkanes of at least 4 members (excludes halogenated alkanes) is 24. The lowest BCUT2D eigenvalue weighted by Crippen LogP contribution is -2.29. The molecule has 0 aromatic rings. The standard InChI is InChI=1S/C55H98NO8P/c1-3-5-7-9-11-13-15-17-19-21-23-24-25-26-27-28-30-31-33-35-37-39-41-43-45-47-54(57)61-51-53(52-63-65(59,60)62-50-49-56)64-55(58)48-46-44-42-40-38-36-34-32-29-22-20-18-16-14-12-10-8-6-4-2/h6,8,12,14,18,20,29,32,36,38,42,44,53H,3-5,7,9-11,13,15-17,19,21-28,30-31,33-35,37,39-41,43,45-52,56H2,1-2H3,(H,59,60)/b8-6-,14-12-,20-18-,32-29-,38-36-,44-42-. The minimum absolute atomic E-state index is 0.0398. The molecule has 65 heavy (non-hydrogen) atoms. The van der Waals surface area contributed by atoms with E-state index < -0.39 is 32.5 Å². The van der Waals surface area contributed by atoms with Gasteiger partial charge in [0.25, 0.3) is 0 Å². The zero-order valence-electron chi connectivity index (χ0n) is 41.7. The van der Waals surface area contributed by atoms with Gasteiger partial charge in [0.15, 0.2) is 6.10 Å². The monoisotopic (exact) mass is 932 g/mol.